The zero-order valence-corrected chi connectivity index (χ0v) is 15.0. The molecule has 0 aliphatic carbocycles. The summed E-state index contributed by atoms with van der Waals surface area (Å²) < 4.78 is 5.39. The number of benzene rings is 1. The van der Waals surface area contributed by atoms with Crippen LogP contribution in [0.4, 0.5) is 10.5 Å². The molecule has 1 aliphatic rings. The maximum atomic E-state index is 12.7. The number of morpholine rings is 1. The topological polar surface area (TPSA) is 90.9 Å². The molecular formula is C18H27N3O4. The Morgan fingerprint density at radius 3 is 2.72 bits per heavy atom. The van der Waals surface area contributed by atoms with Crippen molar-refractivity contribution in [1.29, 1.82) is 0 Å². The average Bonchev–Trinajstić information content (AvgIpc) is 2.54. The lowest BCUT2D eigenvalue weighted by molar-refractivity contribution is 0.00728. The van der Waals surface area contributed by atoms with Crippen molar-refractivity contribution in [3.05, 3.63) is 29.8 Å². The lowest BCUT2D eigenvalue weighted by atomic mass is 10.1. The molecule has 3 amide bonds. The predicted octanol–water partition coefficient (Wildman–Crippen LogP) is 1.83. The summed E-state index contributed by atoms with van der Waals surface area (Å²) in [6.45, 7) is 7.01. The number of aliphatic hydroxyl groups is 1. The summed E-state index contributed by atoms with van der Waals surface area (Å²) in [6, 6.07) is 6.45. The molecule has 1 aromatic rings. The molecule has 138 valence electrons. The number of nitrogens with one attached hydrogen (secondary N) is 2. The minimum absolute atomic E-state index is 0.0115. The van der Waals surface area contributed by atoms with Crippen LogP contribution in [0.15, 0.2) is 24.3 Å². The van der Waals surface area contributed by atoms with E-state index in [-0.39, 0.29) is 30.1 Å². The van der Waals surface area contributed by atoms with Gasteiger partial charge in [0.05, 0.1) is 30.5 Å². The highest BCUT2D eigenvalue weighted by molar-refractivity contribution is 6.03. The number of carbonyl (C=O) groups excluding carboxylic acids is 2. The molecule has 25 heavy (non-hydrogen) atoms. The van der Waals surface area contributed by atoms with Gasteiger partial charge in [0.2, 0.25) is 0 Å². The fourth-order valence-electron chi connectivity index (χ4n) is 2.70. The van der Waals surface area contributed by atoms with E-state index in [0.29, 0.717) is 37.4 Å². The van der Waals surface area contributed by atoms with Crippen molar-refractivity contribution >= 4 is 17.6 Å². The Morgan fingerprint density at radius 2 is 2.04 bits per heavy atom. The molecule has 1 saturated heterocycles. The van der Waals surface area contributed by atoms with Crippen molar-refractivity contribution in [2.45, 2.75) is 38.8 Å². The van der Waals surface area contributed by atoms with E-state index in [1.807, 2.05) is 20.8 Å². The lowest BCUT2D eigenvalue weighted by Gasteiger charge is -2.35. The summed E-state index contributed by atoms with van der Waals surface area (Å²) in [7, 11) is 0. The highest BCUT2D eigenvalue weighted by atomic mass is 16.5. The minimum atomic E-state index is -0.370. The van der Waals surface area contributed by atoms with Crippen LogP contribution in [0.5, 0.6) is 0 Å². The first-order chi connectivity index (χ1) is 11.8. The normalized spacial score (nSPS) is 17.9. The van der Waals surface area contributed by atoms with Crippen LogP contribution in [0.3, 0.4) is 0 Å². The summed E-state index contributed by atoms with van der Waals surface area (Å²) in [6.07, 6.45) is 0.458. The maximum Gasteiger partial charge on any atom is 0.322 e. The van der Waals surface area contributed by atoms with Gasteiger partial charge in [0, 0.05) is 18.7 Å². The van der Waals surface area contributed by atoms with Gasteiger partial charge >= 0.3 is 6.03 Å². The fourth-order valence-corrected chi connectivity index (χ4v) is 2.70. The van der Waals surface area contributed by atoms with E-state index in [0.717, 1.165) is 0 Å². The molecule has 3 N–H and O–H groups in total. The summed E-state index contributed by atoms with van der Waals surface area (Å²) >= 11 is 0. The number of aliphatic hydroxyl groups excluding tert-OH is 1. The van der Waals surface area contributed by atoms with Crippen LogP contribution < -0.4 is 10.6 Å². The molecule has 0 bridgehead atoms. The van der Waals surface area contributed by atoms with Gasteiger partial charge < -0.3 is 25.4 Å². The van der Waals surface area contributed by atoms with Crippen molar-refractivity contribution in [3.63, 3.8) is 0 Å². The first kappa shape index (κ1) is 19.2. The number of anilines is 1. The van der Waals surface area contributed by atoms with Gasteiger partial charge in [0.25, 0.3) is 5.91 Å². The van der Waals surface area contributed by atoms with Crippen molar-refractivity contribution in [1.82, 2.24) is 10.2 Å². The highest BCUT2D eigenvalue weighted by Crippen LogP contribution is 2.19. The fraction of sp³-hybridized carbons (Fsp3) is 0.556. The summed E-state index contributed by atoms with van der Waals surface area (Å²) in [5.41, 5.74) is 0.506. The van der Waals surface area contributed by atoms with Crippen LogP contribution in [0.25, 0.3) is 0 Å². The minimum Gasteiger partial charge on any atom is -0.396 e. The molecule has 1 fully saturated rings. The third-order valence-electron chi connectivity index (χ3n) is 3.85. The van der Waals surface area contributed by atoms with E-state index in [1.54, 1.807) is 29.2 Å². The zero-order valence-electron chi connectivity index (χ0n) is 15.0. The van der Waals surface area contributed by atoms with E-state index < -0.39 is 0 Å². The van der Waals surface area contributed by atoms with Crippen molar-refractivity contribution in [2.24, 2.45) is 0 Å². The van der Waals surface area contributed by atoms with Crippen LogP contribution >= 0.6 is 0 Å². The number of rotatable bonds is 4. The molecule has 1 atom stereocenters. The SMILES string of the molecule is CC(C)(C)NC(=O)c1ccccc1NC(=O)N1CCOCC1CCO. The number of hydrogen-bond donors (Lipinski definition) is 3. The van der Waals surface area contributed by atoms with Gasteiger partial charge in [0.1, 0.15) is 0 Å². The number of carbonyl (C=O) groups is 2. The van der Waals surface area contributed by atoms with Gasteiger partial charge in [-0.25, -0.2) is 4.79 Å². The van der Waals surface area contributed by atoms with E-state index >= 15 is 0 Å². The second-order valence-electron chi connectivity index (χ2n) is 7.11. The first-order valence-electron chi connectivity index (χ1n) is 8.49. The number of nitrogens with zero attached hydrogens (tertiary/aromatic N) is 1. The molecule has 7 heteroatoms. The molecular weight excluding hydrogens is 322 g/mol. The Labute approximate surface area is 148 Å². The predicted molar refractivity (Wildman–Crippen MR) is 95.7 cm³/mol. The maximum absolute atomic E-state index is 12.7. The van der Waals surface area contributed by atoms with Gasteiger partial charge in [-0.15, -0.1) is 0 Å². The van der Waals surface area contributed by atoms with Crippen LogP contribution in [-0.4, -0.2) is 59.9 Å². The Balaban J connectivity index is 2.14. The van der Waals surface area contributed by atoms with Crippen molar-refractivity contribution in [3.8, 4) is 0 Å². The van der Waals surface area contributed by atoms with Gasteiger partial charge in [-0.1, -0.05) is 12.1 Å². The molecule has 0 aromatic heterocycles. The third-order valence-corrected chi connectivity index (χ3v) is 3.85. The van der Waals surface area contributed by atoms with E-state index in [9.17, 15) is 9.59 Å². The monoisotopic (exact) mass is 349 g/mol. The molecule has 1 aliphatic heterocycles. The Morgan fingerprint density at radius 1 is 1.32 bits per heavy atom. The van der Waals surface area contributed by atoms with Crippen LogP contribution in [0, 0.1) is 0 Å². The van der Waals surface area contributed by atoms with Crippen LogP contribution in [0.1, 0.15) is 37.6 Å². The van der Waals surface area contributed by atoms with Gasteiger partial charge in [-0.2, -0.15) is 0 Å². The molecule has 1 heterocycles. The number of ether oxygens (including phenoxy) is 1. The van der Waals surface area contributed by atoms with Gasteiger partial charge in [-0.3, -0.25) is 4.79 Å². The third kappa shape index (κ3) is 5.44. The zero-order chi connectivity index (χ0) is 18.4. The Bertz CT molecular complexity index is 611. The standard InChI is InChI=1S/C18H27N3O4/c1-18(2,3)20-16(23)14-6-4-5-7-15(14)19-17(24)21-9-11-25-12-13(21)8-10-22/h4-7,13,22H,8-12H2,1-3H3,(H,19,24)(H,20,23). The van der Waals surface area contributed by atoms with Crippen molar-refractivity contribution < 1.29 is 19.4 Å². The first-order valence-corrected chi connectivity index (χ1v) is 8.49. The molecule has 0 radical (unpaired) electrons. The number of urea groups is 1. The highest BCUT2D eigenvalue weighted by Gasteiger charge is 2.28. The number of para-hydroxylation sites is 1. The second-order valence-corrected chi connectivity index (χ2v) is 7.11. The molecule has 7 nitrogen and oxygen atoms in total. The summed E-state index contributed by atoms with van der Waals surface area (Å²) in [4.78, 5) is 26.8. The molecule has 1 unspecified atom stereocenters. The van der Waals surface area contributed by atoms with Crippen LogP contribution in [0.2, 0.25) is 0 Å². The number of hydrogen-bond acceptors (Lipinski definition) is 4. The Kier molecular flexibility index (Phi) is 6.39. The number of amides is 3. The average molecular weight is 349 g/mol. The second kappa shape index (κ2) is 8.31. The Hall–Kier alpha value is -2.12. The van der Waals surface area contributed by atoms with Crippen LogP contribution in [-0.2, 0) is 4.74 Å². The van der Waals surface area contributed by atoms with Crippen molar-refractivity contribution in [2.75, 3.05) is 31.7 Å². The molecule has 0 saturated carbocycles. The molecule has 1 aromatic carbocycles. The van der Waals surface area contributed by atoms with Gasteiger partial charge in [0.15, 0.2) is 0 Å². The van der Waals surface area contributed by atoms with E-state index in [2.05, 4.69) is 10.6 Å². The van der Waals surface area contributed by atoms with E-state index in [4.69, 9.17) is 9.84 Å². The van der Waals surface area contributed by atoms with Gasteiger partial charge in [-0.05, 0) is 39.3 Å². The molecule has 0 spiro atoms. The molecule has 2 rings (SSSR count). The van der Waals surface area contributed by atoms with E-state index in [1.165, 1.54) is 0 Å². The summed E-state index contributed by atoms with van der Waals surface area (Å²) in [5.74, 6) is -0.239. The summed E-state index contributed by atoms with van der Waals surface area (Å²) in [5, 5.41) is 14.9. The lowest BCUT2D eigenvalue weighted by Crippen LogP contribution is -2.50. The quantitative estimate of drug-likeness (QED) is 0.773. The smallest absolute Gasteiger partial charge is 0.322 e. The largest absolute Gasteiger partial charge is 0.396 e.